The van der Waals surface area contributed by atoms with Gasteiger partial charge in [0.25, 0.3) is 0 Å². The number of nitrogens with zero attached hydrogens (tertiary/aromatic N) is 2. The van der Waals surface area contributed by atoms with Gasteiger partial charge < -0.3 is 10.2 Å². The minimum atomic E-state index is -0.0616. The molecule has 0 aliphatic carbocycles. The summed E-state index contributed by atoms with van der Waals surface area (Å²) >= 11 is 1.49. The maximum atomic E-state index is 12.0. The van der Waals surface area contributed by atoms with Gasteiger partial charge in [-0.1, -0.05) is 37.8 Å². The van der Waals surface area contributed by atoms with E-state index in [0.29, 0.717) is 18.1 Å². The lowest BCUT2D eigenvalue weighted by atomic mass is 9.99. The molecule has 0 atom stereocenters. The smallest absolute Gasteiger partial charge is 0.250 e. The minimum Gasteiger partial charge on any atom is -0.308 e. The van der Waals surface area contributed by atoms with Crippen LogP contribution in [0.15, 0.2) is 55.1 Å². The molecule has 1 aliphatic rings. The van der Waals surface area contributed by atoms with Gasteiger partial charge in [0.1, 0.15) is 0 Å². The molecule has 0 radical (unpaired) electrons. The summed E-state index contributed by atoms with van der Waals surface area (Å²) in [5.41, 5.74) is 6.24. The molecular weight excluding hydrogens is 394 g/mol. The number of hydrogen-bond acceptors (Lipinski definition) is 4. The number of aromatic nitrogens is 1. The van der Waals surface area contributed by atoms with Gasteiger partial charge in [0.15, 0.2) is 5.13 Å². The molecule has 1 aliphatic heterocycles. The lowest BCUT2D eigenvalue weighted by molar-refractivity contribution is -0.116. The van der Waals surface area contributed by atoms with Gasteiger partial charge >= 0.3 is 0 Å². The molecule has 2 heterocycles. The molecule has 30 heavy (non-hydrogen) atoms. The Bertz CT molecular complexity index is 1150. The topological polar surface area (TPSA) is 62.3 Å². The molecule has 0 saturated heterocycles. The molecule has 152 valence electrons. The Balaban J connectivity index is 1.64. The molecule has 2 aromatic carbocycles. The van der Waals surface area contributed by atoms with Crippen LogP contribution in [0.5, 0.6) is 0 Å². The highest BCUT2D eigenvalue weighted by Gasteiger charge is 2.23. The molecule has 0 unspecified atom stereocenters. The molecule has 0 saturated carbocycles. The van der Waals surface area contributed by atoms with Crippen LogP contribution in [-0.2, 0) is 16.0 Å². The normalized spacial score (nSPS) is 12.5. The molecule has 5 nitrogen and oxygen atoms in total. The molecule has 6 heteroatoms. The van der Waals surface area contributed by atoms with Gasteiger partial charge in [0.2, 0.25) is 11.8 Å². The summed E-state index contributed by atoms with van der Waals surface area (Å²) in [7, 11) is 0. The second kappa shape index (κ2) is 8.24. The molecule has 2 amide bonds. The van der Waals surface area contributed by atoms with E-state index in [9.17, 15) is 9.59 Å². The number of rotatable bonds is 5. The van der Waals surface area contributed by atoms with Crippen molar-refractivity contribution in [2.24, 2.45) is 0 Å². The maximum absolute atomic E-state index is 12.0. The number of fused-ring (bicyclic) bond motifs is 1. The monoisotopic (exact) mass is 417 g/mol. The Hall–Kier alpha value is -3.25. The predicted molar refractivity (Wildman–Crippen MR) is 123 cm³/mol. The number of amides is 2. The largest absolute Gasteiger partial charge is 0.308 e. The Labute approximate surface area is 180 Å². The zero-order valence-corrected chi connectivity index (χ0v) is 17.9. The first-order valence-electron chi connectivity index (χ1n) is 9.95. The van der Waals surface area contributed by atoms with Crippen molar-refractivity contribution in [1.82, 2.24) is 4.98 Å². The summed E-state index contributed by atoms with van der Waals surface area (Å²) in [5.74, 6) is -0.0976. The van der Waals surface area contributed by atoms with Crippen LogP contribution in [0.3, 0.4) is 0 Å². The van der Waals surface area contributed by atoms with Crippen molar-refractivity contribution in [3.63, 3.8) is 0 Å². The first-order valence-corrected chi connectivity index (χ1v) is 10.8. The summed E-state index contributed by atoms with van der Waals surface area (Å²) in [6.07, 6.45) is 2.63. The lowest BCUT2D eigenvalue weighted by Gasteiger charge is -2.15. The van der Waals surface area contributed by atoms with Crippen LogP contribution in [-0.4, -0.2) is 23.3 Å². The summed E-state index contributed by atoms with van der Waals surface area (Å²) in [6.45, 7) is 8.12. The van der Waals surface area contributed by atoms with E-state index in [0.717, 1.165) is 39.4 Å². The van der Waals surface area contributed by atoms with E-state index in [1.165, 1.54) is 23.0 Å². The third-order valence-corrected chi connectivity index (χ3v) is 6.14. The molecule has 4 rings (SSSR count). The van der Waals surface area contributed by atoms with Crippen molar-refractivity contribution in [1.29, 1.82) is 0 Å². The summed E-state index contributed by atoms with van der Waals surface area (Å²) in [5, 5.41) is 3.47. The molecule has 3 aromatic rings. The van der Waals surface area contributed by atoms with Crippen LogP contribution in [0.2, 0.25) is 0 Å². The van der Waals surface area contributed by atoms with Crippen molar-refractivity contribution >= 4 is 34.0 Å². The molecule has 1 N–H and O–H groups in total. The standard InChI is InChI=1S/C24H23N3O2S/c1-4-21(28)25-24-26-23(15(3)30-24)19-8-6-7-16(14-19)17-9-10-20-18(13-17)11-12-27(20)22(29)5-2/h5-10,13-14H,2,4,11-12H2,1,3H3,(H,25,26,28). The van der Waals surface area contributed by atoms with Crippen LogP contribution in [0.1, 0.15) is 23.8 Å². The van der Waals surface area contributed by atoms with E-state index >= 15 is 0 Å². The van der Waals surface area contributed by atoms with Crippen molar-refractivity contribution in [3.05, 3.63) is 65.6 Å². The average Bonchev–Trinajstić information content (AvgIpc) is 3.35. The molecule has 0 fully saturated rings. The number of carbonyl (C=O) groups is 2. The quantitative estimate of drug-likeness (QED) is 0.580. The van der Waals surface area contributed by atoms with Crippen molar-refractivity contribution in [2.45, 2.75) is 26.7 Å². The van der Waals surface area contributed by atoms with Crippen LogP contribution < -0.4 is 10.2 Å². The number of hydrogen-bond donors (Lipinski definition) is 1. The van der Waals surface area contributed by atoms with Crippen molar-refractivity contribution in [3.8, 4) is 22.4 Å². The fraction of sp³-hybridized carbons (Fsp3) is 0.208. The molecule has 1 aromatic heterocycles. The number of benzene rings is 2. The van der Waals surface area contributed by atoms with Crippen LogP contribution in [0.25, 0.3) is 22.4 Å². The zero-order valence-electron chi connectivity index (χ0n) is 17.1. The summed E-state index contributed by atoms with van der Waals surface area (Å²) in [6, 6.07) is 14.5. The fourth-order valence-electron chi connectivity index (χ4n) is 3.69. The van der Waals surface area contributed by atoms with Gasteiger partial charge in [0.05, 0.1) is 5.69 Å². The van der Waals surface area contributed by atoms with Crippen molar-refractivity contribution < 1.29 is 9.59 Å². The van der Waals surface area contributed by atoms with Gasteiger partial charge in [-0.25, -0.2) is 4.98 Å². The van der Waals surface area contributed by atoms with Crippen LogP contribution in [0, 0.1) is 6.92 Å². The van der Waals surface area contributed by atoms with Crippen LogP contribution >= 0.6 is 11.3 Å². The van der Waals surface area contributed by atoms with Gasteiger partial charge in [0, 0.05) is 29.1 Å². The van der Waals surface area contributed by atoms with Gasteiger partial charge in [-0.3, -0.25) is 9.59 Å². The number of aryl methyl sites for hydroxylation is 1. The second-order valence-corrected chi connectivity index (χ2v) is 8.40. The van der Waals surface area contributed by atoms with E-state index in [1.807, 2.05) is 38.1 Å². The second-order valence-electron chi connectivity index (χ2n) is 7.19. The van der Waals surface area contributed by atoms with E-state index < -0.39 is 0 Å². The lowest BCUT2D eigenvalue weighted by Crippen LogP contribution is -2.26. The van der Waals surface area contributed by atoms with E-state index in [4.69, 9.17) is 0 Å². The van der Waals surface area contributed by atoms with E-state index in [2.05, 4.69) is 35.1 Å². The first kappa shape index (κ1) is 20.0. The predicted octanol–water partition coefficient (Wildman–Crippen LogP) is 5.21. The third kappa shape index (κ3) is 3.78. The molecule has 0 bridgehead atoms. The highest BCUT2D eigenvalue weighted by atomic mass is 32.1. The SMILES string of the molecule is C=CC(=O)N1CCc2cc(-c3cccc(-c4nc(NC(=O)CC)sc4C)c3)ccc21. The summed E-state index contributed by atoms with van der Waals surface area (Å²) < 4.78 is 0. The Morgan fingerprint density at radius 3 is 2.73 bits per heavy atom. The first-order chi connectivity index (χ1) is 14.5. The Morgan fingerprint density at radius 1 is 1.20 bits per heavy atom. The van der Waals surface area contributed by atoms with E-state index in [-0.39, 0.29) is 11.8 Å². The van der Waals surface area contributed by atoms with Crippen molar-refractivity contribution in [2.75, 3.05) is 16.8 Å². The fourth-order valence-corrected chi connectivity index (χ4v) is 4.54. The number of anilines is 2. The molecular formula is C24H23N3O2S. The Kier molecular flexibility index (Phi) is 5.50. The highest BCUT2D eigenvalue weighted by Crippen LogP contribution is 2.35. The van der Waals surface area contributed by atoms with Gasteiger partial charge in [-0.2, -0.15) is 0 Å². The van der Waals surface area contributed by atoms with Gasteiger partial charge in [-0.15, -0.1) is 11.3 Å². The number of nitrogens with one attached hydrogen (secondary N) is 1. The third-order valence-electron chi connectivity index (χ3n) is 5.25. The molecule has 0 spiro atoms. The van der Waals surface area contributed by atoms with Gasteiger partial charge in [-0.05, 0) is 54.3 Å². The van der Waals surface area contributed by atoms with E-state index in [1.54, 1.807) is 4.90 Å². The number of thiazole rings is 1. The number of carbonyl (C=O) groups excluding carboxylic acids is 2. The maximum Gasteiger partial charge on any atom is 0.250 e. The average molecular weight is 418 g/mol. The Morgan fingerprint density at radius 2 is 1.97 bits per heavy atom. The zero-order chi connectivity index (χ0) is 21.3. The minimum absolute atomic E-state index is 0.0360. The summed E-state index contributed by atoms with van der Waals surface area (Å²) in [4.78, 5) is 31.2. The highest BCUT2D eigenvalue weighted by molar-refractivity contribution is 7.16. The van der Waals surface area contributed by atoms with Crippen LogP contribution in [0.4, 0.5) is 10.8 Å².